The highest BCUT2D eigenvalue weighted by atomic mass is 35.5. The van der Waals surface area contributed by atoms with Crippen LogP contribution in [0.5, 0.6) is 0 Å². The monoisotopic (exact) mass is 544 g/mol. The van der Waals surface area contributed by atoms with Gasteiger partial charge >= 0.3 is 6.09 Å². The van der Waals surface area contributed by atoms with E-state index in [4.69, 9.17) is 31.1 Å². The van der Waals surface area contributed by atoms with Crippen molar-refractivity contribution in [2.75, 3.05) is 38.2 Å². The van der Waals surface area contributed by atoms with Crippen molar-refractivity contribution in [2.45, 2.75) is 59.2 Å². The van der Waals surface area contributed by atoms with Crippen molar-refractivity contribution in [1.82, 2.24) is 4.90 Å². The van der Waals surface area contributed by atoms with Gasteiger partial charge in [-0.2, -0.15) is 5.26 Å². The van der Waals surface area contributed by atoms with E-state index in [2.05, 4.69) is 29.5 Å². The van der Waals surface area contributed by atoms with E-state index < -0.39 is 5.60 Å². The Morgan fingerprint density at radius 2 is 1.97 bits per heavy atom. The highest BCUT2D eigenvalue weighted by Gasteiger charge is 2.44. The fraction of sp³-hybridized carbons (Fsp3) is 0.552. The van der Waals surface area contributed by atoms with E-state index in [-0.39, 0.29) is 24.0 Å². The molecule has 0 radical (unpaired) electrons. The number of rotatable bonds is 8. The molecule has 1 aromatic rings. The molecular weight excluding hydrogens is 504 g/mol. The van der Waals surface area contributed by atoms with Gasteiger partial charge in [-0.25, -0.2) is 9.79 Å². The van der Waals surface area contributed by atoms with Crippen LogP contribution in [-0.4, -0.2) is 61.8 Å². The van der Waals surface area contributed by atoms with Gasteiger partial charge in [-0.15, -0.1) is 13.2 Å². The zero-order valence-electron chi connectivity index (χ0n) is 23.3. The largest absolute Gasteiger partial charge is 0.473 e. The van der Waals surface area contributed by atoms with Crippen LogP contribution >= 0.6 is 11.6 Å². The number of aliphatic imine (C=N–C) groups is 1. The number of likely N-dealkylation sites (tertiary alicyclic amines) is 1. The van der Waals surface area contributed by atoms with Gasteiger partial charge in [0, 0.05) is 43.3 Å². The number of carbonyl (C=O) groups is 1. The predicted molar refractivity (Wildman–Crippen MR) is 152 cm³/mol. The first-order valence-electron chi connectivity index (χ1n) is 12.9. The number of benzene rings is 1. The molecule has 2 fully saturated rings. The lowest BCUT2D eigenvalue weighted by molar-refractivity contribution is -0.132. The van der Waals surface area contributed by atoms with E-state index in [9.17, 15) is 4.79 Å². The van der Waals surface area contributed by atoms with Crippen LogP contribution < -0.4 is 5.32 Å². The van der Waals surface area contributed by atoms with Crippen LogP contribution in [0, 0.1) is 23.2 Å². The number of nitrogens with one attached hydrogen (secondary N) is 1. The maximum Gasteiger partial charge on any atom is 0.410 e. The van der Waals surface area contributed by atoms with E-state index >= 15 is 0 Å². The minimum atomic E-state index is -0.538. The van der Waals surface area contributed by atoms with E-state index in [1.165, 1.54) is 0 Å². The Labute approximate surface area is 232 Å². The molecule has 0 saturated carbocycles. The number of ether oxygens (including phenoxy) is 3. The first-order valence-corrected chi connectivity index (χ1v) is 13.3. The van der Waals surface area contributed by atoms with Gasteiger partial charge in [-0.05, 0) is 51.8 Å². The van der Waals surface area contributed by atoms with Crippen LogP contribution in [0.4, 0.5) is 10.5 Å². The molecule has 1 N–H and O–H groups in total. The summed E-state index contributed by atoms with van der Waals surface area (Å²) in [5.74, 6) is 0.633. The molecule has 2 aliphatic heterocycles. The number of carbonyl (C=O) groups excluding carboxylic acids is 1. The molecular formula is C29H41ClN4O4. The standard InChI is InChI=1S/C27H37ClN4O4.C2H4/c1-6-11-30-25(18(2)13-31-23-8-7-19(9-10-29)12-22(23)28)35-24-20-14-32(15-21(24)17-34-16-20)26(33)36-27(3,4)5;1-2/h7-8,11-12,20-21,24,31H,6,9,13-17H2,1-5H3;1-2H2/b25-18+,30-11-;. The lowest BCUT2D eigenvalue weighted by atomic mass is 9.84. The highest BCUT2D eigenvalue weighted by Crippen LogP contribution is 2.33. The molecule has 1 aromatic carbocycles. The van der Waals surface area contributed by atoms with Gasteiger partial charge in [0.05, 0.1) is 36.4 Å². The minimum absolute atomic E-state index is 0.0275. The van der Waals surface area contributed by atoms with Crippen LogP contribution in [0.2, 0.25) is 5.02 Å². The number of anilines is 1. The summed E-state index contributed by atoms with van der Waals surface area (Å²) in [5, 5.41) is 12.8. The molecule has 2 atom stereocenters. The van der Waals surface area contributed by atoms with Gasteiger partial charge in [0.2, 0.25) is 5.88 Å². The van der Waals surface area contributed by atoms with E-state index in [0.717, 1.165) is 23.2 Å². The average Bonchev–Trinajstić information content (AvgIpc) is 2.86. The third-order valence-corrected chi connectivity index (χ3v) is 6.33. The van der Waals surface area contributed by atoms with Gasteiger partial charge < -0.3 is 24.4 Å². The maximum absolute atomic E-state index is 12.7. The van der Waals surface area contributed by atoms with Crippen molar-refractivity contribution in [1.29, 1.82) is 5.26 Å². The molecule has 8 nitrogen and oxygen atoms in total. The molecule has 3 rings (SSSR count). The second-order valence-electron chi connectivity index (χ2n) is 10.3. The van der Waals surface area contributed by atoms with Crippen LogP contribution in [0.25, 0.3) is 0 Å². The predicted octanol–water partition coefficient (Wildman–Crippen LogP) is 6.23. The average molecular weight is 545 g/mol. The Morgan fingerprint density at radius 1 is 1.32 bits per heavy atom. The number of nitriles is 1. The topological polar surface area (TPSA) is 96.2 Å². The van der Waals surface area contributed by atoms with Gasteiger partial charge in [-0.3, -0.25) is 0 Å². The van der Waals surface area contributed by atoms with Crippen molar-refractivity contribution >= 4 is 29.6 Å². The minimum Gasteiger partial charge on any atom is -0.473 e. The van der Waals surface area contributed by atoms with Gasteiger partial charge in [-0.1, -0.05) is 24.6 Å². The molecule has 0 spiro atoms. The fourth-order valence-corrected chi connectivity index (χ4v) is 4.59. The number of amides is 1. The third-order valence-electron chi connectivity index (χ3n) is 6.02. The number of nitrogens with zero attached hydrogens (tertiary/aromatic N) is 3. The van der Waals surface area contributed by atoms with Gasteiger partial charge in [0.1, 0.15) is 11.7 Å². The van der Waals surface area contributed by atoms with Crippen LogP contribution in [0.1, 0.15) is 46.6 Å². The molecule has 9 heteroatoms. The fourth-order valence-electron chi connectivity index (χ4n) is 4.32. The molecule has 1 amide bonds. The Hall–Kier alpha value is -3.02. The summed E-state index contributed by atoms with van der Waals surface area (Å²) in [5.41, 5.74) is 2.06. The Morgan fingerprint density at radius 3 is 2.53 bits per heavy atom. The summed E-state index contributed by atoms with van der Waals surface area (Å²) in [6, 6.07) is 7.71. The molecule has 2 unspecified atom stereocenters. The molecule has 2 saturated heterocycles. The summed E-state index contributed by atoms with van der Waals surface area (Å²) < 4.78 is 17.9. The molecule has 2 bridgehead atoms. The first kappa shape index (κ1) is 31.2. The number of hydrogen-bond acceptors (Lipinski definition) is 7. The Bertz CT molecular complexity index is 1030. The number of hydrogen-bond donors (Lipinski definition) is 1. The molecule has 38 heavy (non-hydrogen) atoms. The summed E-state index contributed by atoms with van der Waals surface area (Å²) in [7, 11) is 0. The Balaban J connectivity index is 0.00000247. The smallest absolute Gasteiger partial charge is 0.410 e. The summed E-state index contributed by atoms with van der Waals surface area (Å²) in [6.07, 6.45) is 2.54. The zero-order valence-corrected chi connectivity index (χ0v) is 24.0. The normalized spacial score (nSPS) is 21.5. The van der Waals surface area contributed by atoms with E-state index in [1.54, 1.807) is 11.0 Å². The Kier molecular flexibility index (Phi) is 12.1. The SMILES string of the molecule is C=C.CC/C=N\C(OC1C2COCC1CN(C(=O)OC(C)(C)C)C2)=C(\C)CNc1ccc(CC#N)cc1Cl. The lowest BCUT2D eigenvalue weighted by Gasteiger charge is -2.46. The van der Waals surface area contributed by atoms with Crippen molar-refractivity contribution in [3.8, 4) is 6.07 Å². The number of halogens is 1. The molecule has 0 aliphatic carbocycles. The quantitative estimate of drug-likeness (QED) is 0.237. The number of fused-ring (bicyclic) bond motifs is 2. The molecule has 2 aliphatic rings. The maximum atomic E-state index is 12.7. The van der Waals surface area contributed by atoms with Gasteiger partial charge in [0.25, 0.3) is 0 Å². The van der Waals surface area contributed by atoms with Crippen LogP contribution in [0.15, 0.2) is 47.8 Å². The van der Waals surface area contributed by atoms with Crippen molar-refractivity contribution in [3.05, 3.63) is 53.4 Å². The highest BCUT2D eigenvalue weighted by molar-refractivity contribution is 6.33. The lowest BCUT2D eigenvalue weighted by Crippen LogP contribution is -2.58. The van der Waals surface area contributed by atoms with Gasteiger partial charge in [0.15, 0.2) is 0 Å². The molecule has 2 heterocycles. The molecule has 208 valence electrons. The van der Waals surface area contributed by atoms with Crippen LogP contribution in [0.3, 0.4) is 0 Å². The third kappa shape index (κ3) is 9.07. The van der Waals surface area contributed by atoms with Crippen molar-refractivity contribution < 1.29 is 19.0 Å². The summed E-state index contributed by atoms with van der Waals surface area (Å²) in [6.45, 7) is 18.2. The summed E-state index contributed by atoms with van der Waals surface area (Å²) in [4.78, 5) is 19.1. The second-order valence-corrected chi connectivity index (χ2v) is 10.7. The first-order chi connectivity index (χ1) is 18.1. The van der Waals surface area contributed by atoms with Crippen molar-refractivity contribution in [3.63, 3.8) is 0 Å². The van der Waals surface area contributed by atoms with Crippen molar-refractivity contribution in [2.24, 2.45) is 16.8 Å². The zero-order chi connectivity index (χ0) is 28.3. The van der Waals surface area contributed by atoms with Crippen LogP contribution in [-0.2, 0) is 20.6 Å². The summed E-state index contributed by atoms with van der Waals surface area (Å²) >= 11 is 6.41. The second kappa shape index (κ2) is 14.8. The van der Waals surface area contributed by atoms with E-state index in [0.29, 0.717) is 50.2 Å². The molecule has 0 aromatic heterocycles. The van der Waals surface area contributed by atoms with E-state index in [1.807, 2.05) is 53.0 Å². The number of piperidine rings is 1.